The van der Waals surface area contributed by atoms with Crippen molar-refractivity contribution in [1.82, 2.24) is 4.90 Å². The number of benzene rings is 2. The van der Waals surface area contributed by atoms with Crippen molar-refractivity contribution in [3.8, 4) is 5.75 Å². The van der Waals surface area contributed by atoms with Crippen molar-refractivity contribution in [2.24, 2.45) is 0 Å². The molecule has 1 fully saturated rings. The van der Waals surface area contributed by atoms with E-state index in [1.807, 2.05) is 0 Å². The molecule has 3 heteroatoms. The highest BCUT2D eigenvalue weighted by atomic mass is 16.5. The molecule has 117 valence electrons. The third-order valence-corrected chi connectivity index (χ3v) is 4.17. The number of hydrogen-bond acceptors (Lipinski definition) is 3. The summed E-state index contributed by atoms with van der Waals surface area (Å²) < 4.78 is 11.9. The van der Waals surface area contributed by atoms with Gasteiger partial charge in [-0.3, -0.25) is 4.90 Å². The molecule has 3 nitrogen and oxygen atoms in total. The van der Waals surface area contributed by atoms with E-state index >= 15 is 0 Å². The molecule has 0 amide bonds. The van der Waals surface area contributed by atoms with Crippen LogP contribution in [0.5, 0.6) is 5.75 Å². The molecule has 0 aromatic heterocycles. The largest absolute Gasteiger partial charge is 0.474 e. The van der Waals surface area contributed by atoms with Gasteiger partial charge < -0.3 is 9.47 Å². The lowest BCUT2D eigenvalue weighted by atomic mass is 10.1. The molecule has 1 aliphatic rings. The second-order valence-electron chi connectivity index (χ2n) is 5.68. The van der Waals surface area contributed by atoms with E-state index in [0.717, 1.165) is 44.9 Å². The maximum Gasteiger partial charge on any atom is 0.152 e. The first-order valence-electron chi connectivity index (χ1n) is 8.12. The van der Waals surface area contributed by atoms with Gasteiger partial charge in [0.05, 0.1) is 13.2 Å². The Kier molecular flexibility index (Phi) is 5.30. The van der Waals surface area contributed by atoms with E-state index in [9.17, 15) is 0 Å². The first-order valence-corrected chi connectivity index (χ1v) is 8.12. The second kappa shape index (κ2) is 7.61. The van der Waals surface area contributed by atoms with Crippen molar-refractivity contribution in [3.05, 3.63) is 48.9 Å². The fourth-order valence-corrected chi connectivity index (χ4v) is 2.94. The van der Waals surface area contributed by atoms with E-state index in [1.165, 1.54) is 10.8 Å². The number of fused-ring (bicyclic) bond motifs is 1. The smallest absolute Gasteiger partial charge is 0.152 e. The van der Waals surface area contributed by atoms with E-state index < -0.39 is 0 Å². The lowest BCUT2D eigenvalue weighted by molar-refractivity contribution is -0.0481. The average Bonchev–Trinajstić information content (AvgIpc) is 2.59. The zero-order valence-corrected chi connectivity index (χ0v) is 13.2. The molecule has 0 saturated carbocycles. The Balaban J connectivity index is 1.81. The van der Waals surface area contributed by atoms with Crippen LogP contribution in [0.1, 0.15) is 19.8 Å². The molecule has 0 aliphatic carbocycles. The SMILES string of the molecule is C[CH]CCC(Oc1cccc2ccccc12)N1CCOCC1. The Bertz CT molecular complexity index is 588. The summed E-state index contributed by atoms with van der Waals surface area (Å²) in [6.07, 6.45) is 4.40. The second-order valence-corrected chi connectivity index (χ2v) is 5.68. The van der Waals surface area contributed by atoms with Crippen molar-refractivity contribution >= 4 is 10.8 Å². The molecule has 1 saturated heterocycles. The highest BCUT2D eigenvalue weighted by Gasteiger charge is 2.22. The maximum atomic E-state index is 6.42. The van der Waals surface area contributed by atoms with Crippen LogP contribution < -0.4 is 4.74 Å². The normalized spacial score (nSPS) is 17.5. The Labute approximate surface area is 132 Å². The molecule has 3 rings (SSSR count). The number of unbranched alkanes of at least 4 members (excludes halogenated alkanes) is 1. The highest BCUT2D eigenvalue weighted by molar-refractivity contribution is 5.88. The van der Waals surface area contributed by atoms with Gasteiger partial charge in [0, 0.05) is 18.5 Å². The average molecular weight is 298 g/mol. The molecule has 0 N–H and O–H groups in total. The first-order chi connectivity index (χ1) is 10.9. The van der Waals surface area contributed by atoms with E-state index in [-0.39, 0.29) is 6.23 Å². The van der Waals surface area contributed by atoms with E-state index in [1.54, 1.807) is 0 Å². The minimum atomic E-state index is 0.117. The molecule has 1 atom stereocenters. The predicted octanol–water partition coefficient (Wildman–Crippen LogP) is 3.88. The minimum Gasteiger partial charge on any atom is -0.474 e. The topological polar surface area (TPSA) is 21.7 Å². The number of nitrogens with zero attached hydrogens (tertiary/aromatic N) is 1. The molecule has 1 aliphatic heterocycles. The fourth-order valence-electron chi connectivity index (χ4n) is 2.94. The summed E-state index contributed by atoms with van der Waals surface area (Å²) >= 11 is 0. The Hall–Kier alpha value is -1.58. The van der Waals surface area contributed by atoms with Crippen molar-refractivity contribution in [2.45, 2.75) is 26.0 Å². The Morgan fingerprint density at radius 3 is 2.73 bits per heavy atom. The number of rotatable bonds is 6. The molecular formula is C19H24NO2. The summed E-state index contributed by atoms with van der Waals surface area (Å²) in [5.41, 5.74) is 0. The monoisotopic (exact) mass is 298 g/mol. The minimum absolute atomic E-state index is 0.117. The maximum absolute atomic E-state index is 6.42. The van der Waals surface area contributed by atoms with Crippen molar-refractivity contribution in [1.29, 1.82) is 0 Å². The summed E-state index contributed by atoms with van der Waals surface area (Å²) in [6.45, 7) is 5.59. The van der Waals surface area contributed by atoms with Gasteiger partial charge in [-0.1, -0.05) is 43.3 Å². The van der Waals surface area contributed by atoms with Gasteiger partial charge >= 0.3 is 0 Å². The van der Waals surface area contributed by atoms with Crippen LogP contribution in [-0.2, 0) is 4.74 Å². The van der Waals surface area contributed by atoms with Gasteiger partial charge in [-0.15, -0.1) is 0 Å². The summed E-state index contributed by atoms with van der Waals surface area (Å²) in [6, 6.07) is 14.7. The van der Waals surface area contributed by atoms with Gasteiger partial charge in [0.15, 0.2) is 6.23 Å². The van der Waals surface area contributed by atoms with Crippen LogP contribution in [-0.4, -0.2) is 37.4 Å². The molecular weight excluding hydrogens is 274 g/mol. The quantitative estimate of drug-likeness (QED) is 0.808. The summed E-state index contributed by atoms with van der Waals surface area (Å²) in [5.74, 6) is 0.977. The number of hydrogen-bond donors (Lipinski definition) is 0. The third kappa shape index (κ3) is 3.60. The van der Waals surface area contributed by atoms with Crippen LogP contribution in [0.2, 0.25) is 0 Å². The predicted molar refractivity (Wildman–Crippen MR) is 90.0 cm³/mol. The van der Waals surface area contributed by atoms with Crippen molar-refractivity contribution in [2.75, 3.05) is 26.3 Å². The lowest BCUT2D eigenvalue weighted by Crippen LogP contribution is -2.46. The van der Waals surface area contributed by atoms with Gasteiger partial charge in [0.1, 0.15) is 5.75 Å². The molecule has 2 aromatic rings. The molecule has 1 unspecified atom stereocenters. The molecule has 0 bridgehead atoms. The number of ether oxygens (including phenoxy) is 2. The molecule has 2 aromatic carbocycles. The van der Waals surface area contributed by atoms with E-state index in [4.69, 9.17) is 9.47 Å². The zero-order valence-electron chi connectivity index (χ0n) is 13.2. The fraction of sp³-hybridized carbons (Fsp3) is 0.421. The van der Waals surface area contributed by atoms with Crippen LogP contribution in [0.15, 0.2) is 42.5 Å². The van der Waals surface area contributed by atoms with E-state index in [2.05, 4.69) is 60.7 Å². The van der Waals surface area contributed by atoms with Gasteiger partial charge in [-0.25, -0.2) is 0 Å². The van der Waals surface area contributed by atoms with Gasteiger partial charge in [-0.05, 0) is 30.7 Å². The summed E-state index contributed by atoms with van der Waals surface area (Å²) in [7, 11) is 0. The molecule has 1 radical (unpaired) electrons. The third-order valence-electron chi connectivity index (χ3n) is 4.17. The number of morpholine rings is 1. The Morgan fingerprint density at radius 1 is 1.14 bits per heavy atom. The van der Waals surface area contributed by atoms with Crippen LogP contribution in [0, 0.1) is 6.42 Å². The molecule has 1 heterocycles. The van der Waals surface area contributed by atoms with Gasteiger partial charge in [0.2, 0.25) is 0 Å². The van der Waals surface area contributed by atoms with Crippen LogP contribution in [0.4, 0.5) is 0 Å². The standard InChI is InChI=1S/C19H24NO2/c1-2-3-11-19(20-12-14-21-15-13-20)22-18-10-6-8-16-7-4-5-9-17(16)18/h2,4-10,19H,3,11-15H2,1H3. The highest BCUT2D eigenvalue weighted by Crippen LogP contribution is 2.27. The van der Waals surface area contributed by atoms with Gasteiger partial charge in [-0.2, -0.15) is 0 Å². The van der Waals surface area contributed by atoms with Crippen LogP contribution in [0.3, 0.4) is 0 Å². The lowest BCUT2D eigenvalue weighted by Gasteiger charge is -2.34. The first kappa shape index (κ1) is 15.3. The van der Waals surface area contributed by atoms with Crippen LogP contribution in [0.25, 0.3) is 10.8 Å². The van der Waals surface area contributed by atoms with Crippen LogP contribution >= 0.6 is 0 Å². The van der Waals surface area contributed by atoms with Gasteiger partial charge in [0.25, 0.3) is 0 Å². The zero-order chi connectivity index (χ0) is 15.2. The van der Waals surface area contributed by atoms with Crippen molar-refractivity contribution in [3.63, 3.8) is 0 Å². The molecule has 0 spiro atoms. The van der Waals surface area contributed by atoms with E-state index in [0.29, 0.717) is 0 Å². The Morgan fingerprint density at radius 2 is 1.91 bits per heavy atom. The summed E-state index contributed by atoms with van der Waals surface area (Å²) in [4.78, 5) is 2.40. The van der Waals surface area contributed by atoms with Crippen molar-refractivity contribution < 1.29 is 9.47 Å². The molecule has 22 heavy (non-hydrogen) atoms. The summed E-state index contributed by atoms with van der Waals surface area (Å²) in [5, 5.41) is 2.41.